The molecule has 0 aromatic heterocycles. The molecule has 0 bridgehead atoms. The van der Waals surface area contributed by atoms with Gasteiger partial charge in [-0.3, -0.25) is 14.4 Å². The molecule has 38 heavy (non-hydrogen) atoms. The van der Waals surface area contributed by atoms with E-state index in [0.717, 1.165) is 31.2 Å². The molecule has 5 atom stereocenters. The van der Waals surface area contributed by atoms with E-state index >= 15 is 0 Å². The maximum Gasteiger partial charge on any atom is 0.238 e. The fourth-order valence-corrected chi connectivity index (χ4v) is 7.59. The summed E-state index contributed by atoms with van der Waals surface area (Å²) in [6.07, 6.45) is 4.37. The summed E-state index contributed by atoms with van der Waals surface area (Å²) in [5, 5.41) is 4.57. The second-order valence-corrected chi connectivity index (χ2v) is 13.9. The smallest absolute Gasteiger partial charge is 0.238 e. The lowest BCUT2D eigenvalue weighted by molar-refractivity contribution is -0.129. The molecule has 0 spiro atoms. The minimum atomic E-state index is -4.04. The largest absolute Gasteiger partial charge is 0.370 e. The van der Waals surface area contributed by atoms with Crippen LogP contribution in [-0.4, -0.2) is 66.4 Å². The van der Waals surface area contributed by atoms with Crippen molar-refractivity contribution in [2.24, 2.45) is 23.3 Å². The van der Waals surface area contributed by atoms with Gasteiger partial charge in [-0.25, -0.2) is 8.42 Å². The van der Waals surface area contributed by atoms with E-state index in [4.69, 9.17) is 11.5 Å². The molecule has 3 rings (SSSR count). The van der Waals surface area contributed by atoms with Crippen LogP contribution in [0.1, 0.15) is 64.9 Å². The molecule has 1 saturated heterocycles. The lowest BCUT2D eigenvalue weighted by Gasteiger charge is -2.46. The predicted molar refractivity (Wildman–Crippen MR) is 146 cm³/mol. The van der Waals surface area contributed by atoms with Crippen LogP contribution in [0, 0.1) is 11.8 Å². The summed E-state index contributed by atoms with van der Waals surface area (Å²) in [7, 11) is -4.04. The van der Waals surface area contributed by atoms with E-state index < -0.39 is 44.7 Å². The van der Waals surface area contributed by atoms with Gasteiger partial charge in [-0.05, 0) is 57.4 Å². The first-order chi connectivity index (χ1) is 17.8. The summed E-state index contributed by atoms with van der Waals surface area (Å²) in [6, 6.07) is 7.18. The quantitative estimate of drug-likeness (QED) is 0.340. The number of piperidine rings is 1. The average molecular weight is 550 g/mol. The molecule has 212 valence electrons. The van der Waals surface area contributed by atoms with Crippen LogP contribution < -0.4 is 22.1 Å². The fraction of sp³-hybridized carbons (Fsp3) is 0.667. The Morgan fingerprint density at radius 2 is 1.71 bits per heavy atom. The molecular weight excluding hydrogens is 506 g/mol. The van der Waals surface area contributed by atoms with Crippen molar-refractivity contribution in [1.82, 2.24) is 14.9 Å². The van der Waals surface area contributed by atoms with Gasteiger partial charge in [0, 0.05) is 18.6 Å². The molecule has 1 aromatic rings. The fourth-order valence-electron chi connectivity index (χ4n) is 5.58. The normalized spacial score (nSPS) is 24.1. The molecule has 2 fully saturated rings. The third-order valence-electron chi connectivity index (χ3n) is 7.47. The summed E-state index contributed by atoms with van der Waals surface area (Å²) in [4.78, 5) is 37.2. The molecule has 1 aliphatic heterocycles. The molecule has 6 N–H and O–H groups in total. The van der Waals surface area contributed by atoms with Crippen molar-refractivity contribution in [1.29, 1.82) is 0 Å². The number of fused-ring (bicyclic) bond motifs is 1. The number of hydrogen-bond acceptors (Lipinski definition) is 6. The van der Waals surface area contributed by atoms with Crippen LogP contribution >= 0.6 is 0 Å². The lowest BCUT2D eigenvalue weighted by Crippen LogP contribution is -2.61. The van der Waals surface area contributed by atoms with Crippen molar-refractivity contribution in [3.8, 4) is 0 Å². The second kappa shape index (κ2) is 12.6. The van der Waals surface area contributed by atoms with Crippen LogP contribution in [-0.2, 0) is 30.8 Å². The third kappa shape index (κ3) is 8.00. The Balaban J connectivity index is 1.91. The van der Waals surface area contributed by atoms with Gasteiger partial charge in [-0.15, -0.1) is 0 Å². The number of hydrogen-bond donors (Lipinski definition) is 4. The van der Waals surface area contributed by atoms with E-state index in [9.17, 15) is 22.8 Å². The minimum absolute atomic E-state index is 0.146. The van der Waals surface area contributed by atoms with E-state index in [1.807, 2.05) is 51.1 Å². The van der Waals surface area contributed by atoms with Crippen LogP contribution in [0.4, 0.5) is 0 Å². The van der Waals surface area contributed by atoms with Gasteiger partial charge in [-0.1, -0.05) is 49.6 Å². The third-order valence-corrected chi connectivity index (χ3v) is 9.70. The van der Waals surface area contributed by atoms with Crippen molar-refractivity contribution >= 4 is 27.7 Å². The molecule has 3 amide bonds. The molecular formula is C27H43N5O5S. The van der Waals surface area contributed by atoms with Gasteiger partial charge < -0.3 is 22.1 Å². The van der Waals surface area contributed by atoms with Gasteiger partial charge in [0.2, 0.25) is 27.7 Å². The first-order valence-corrected chi connectivity index (χ1v) is 15.0. The van der Waals surface area contributed by atoms with Crippen molar-refractivity contribution in [2.45, 2.75) is 88.6 Å². The van der Waals surface area contributed by atoms with Gasteiger partial charge in [-0.2, -0.15) is 4.31 Å². The predicted octanol–water partition coefficient (Wildman–Crippen LogP) is 1.04. The number of sulfonamides is 1. The highest BCUT2D eigenvalue weighted by molar-refractivity contribution is 7.89. The van der Waals surface area contributed by atoms with Gasteiger partial charge in [0.1, 0.15) is 6.04 Å². The Labute approximate surface area is 226 Å². The number of benzene rings is 1. The number of nitrogens with zero attached hydrogens (tertiary/aromatic N) is 1. The Hall–Kier alpha value is -2.50. The number of carbonyl (C=O) groups is 3. The molecule has 1 heterocycles. The average Bonchev–Trinajstić information content (AvgIpc) is 2.84. The standard InChI is InChI=1S/C27H43N5O5S/c1-27(2,3)31-26(35)23-14-19-11-7-8-12-20(19)17-32(23)38(36,37)21(13-18-9-5-4-6-10-18)16-30-25(34)22(28)15-24(29)33/h4-6,9-10,19-23H,7-8,11-17,28H2,1-3H3,(H2,29,33)(H,30,34)(H,31,35)/t19-,20+,21+,22-,23-/m0/s1. The zero-order valence-electron chi connectivity index (χ0n) is 22.7. The van der Waals surface area contributed by atoms with Crippen molar-refractivity contribution in [3.63, 3.8) is 0 Å². The second-order valence-electron chi connectivity index (χ2n) is 11.7. The summed E-state index contributed by atoms with van der Waals surface area (Å²) < 4.78 is 30.0. The van der Waals surface area contributed by atoms with E-state index in [1.165, 1.54) is 4.31 Å². The number of amides is 3. The monoisotopic (exact) mass is 549 g/mol. The highest BCUT2D eigenvalue weighted by Crippen LogP contribution is 2.40. The number of nitrogens with one attached hydrogen (secondary N) is 2. The van der Waals surface area contributed by atoms with E-state index in [2.05, 4.69) is 10.6 Å². The Bertz CT molecular complexity index is 1090. The highest BCUT2D eigenvalue weighted by atomic mass is 32.2. The molecule has 1 saturated carbocycles. The summed E-state index contributed by atoms with van der Waals surface area (Å²) in [5.74, 6) is -1.15. The summed E-state index contributed by atoms with van der Waals surface area (Å²) in [5.41, 5.74) is 11.2. The number of rotatable bonds is 10. The zero-order valence-corrected chi connectivity index (χ0v) is 23.5. The minimum Gasteiger partial charge on any atom is -0.370 e. The van der Waals surface area contributed by atoms with Crippen molar-refractivity contribution < 1.29 is 22.8 Å². The van der Waals surface area contributed by atoms with Gasteiger partial charge in [0.05, 0.1) is 17.7 Å². The van der Waals surface area contributed by atoms with Gasteiger partial charge >= 0.3 is 0 Å². The van der Waals surface area contributed by atoms with Crippen LogP contribution in [0.2, 0.25) is 0 Å². The Morgan fingerprint density at radius 1 is 1.08 bits per heavy atom. The maximum atomic E-state index is 14.3. The van der Waals surface area contributed by atoms with Crippen LogP contribution in [0.15, 0.2) is 30.3 Å². The van der Waals surface area contributed by atoms with Gasteiger partial charge in [0.15, 0.2) is 0 Å². The first-order valence-electron chi connectivity index (χ1n) is 13.5. The van der Waals surface area contributed by atoms with Crippen LogP contribution in [0.25, 0.3) is 0 Å². The Kier molecular flexibility index (Phi) is 9.94. The molecule has 1 aromatic carbocycles. The first kappa shape index (κ1) is 30.0. The number of carbonyl (C=O) groups excluding carboxylic acids is 3. The van der Waals surface area contributed by atoms with E-state index in [1.54, 1.807) is 0 Å². The summed E-state index contributed by atoms with van der Waals surface area (Å²) in [6.45, 7) is 5.70. The summed E-state index contributed by atoms with van der Waals surface area (Å²) >= 11 is 0. The topological polar surface area (TPSA) is 165 Å². The zero-order chi connectivity index (χ0) is 28.1. The van der Waals surface area contributed by atoms with Crippen LogP contribution in [0.5, 0.6) is 0 Å². The van der Waals surface area contributed by atoms with Crippen molar-refractivity contribution in [2.75, 3.05) is 13.1 Å². The number of primary amides is 1. The molecule has 0 radical (unpaired) electrons. The molecule has 10 nitrogen and oxygen atoms in total. The van der Waals surface area contributed by atoms with E-state index in [-0.39, 0.29) is 37.8 Å². The Morgan fingerprint density at radius 3 is 2.32 bits per heavy atom. The maximum absolute atomic E-state index is 14.3. The van der Waals surface area contributed by atoms with E-state index in [0.29, 0.717) is 12.3 Å². The van der Waals surface area contributed by atoms with Gasteiger partial charge in [0.25, 0.3) is 0 Å². The SMILES string of the molecule is CC(C)(C)NC(=O)[C@@H]1C[C@@H]2CCCC[C@@H]2CN1S(=O)(=O)[C@@H](CNC(=O)[C@@H](N)CC(N)=O)Cc1ccccc1. The van der Waals surface area contributed by atoms with Crippen LogP contribution in [0.3, 0.4) is 0 Å². The highest BCUT2D eigenvalue weighted by Gasteiger charge is 2.47. The molecule has 0 unspecified atom stereocenters. The molecule has 2 aliphatic rings. The molecule has 11 heteroatoms. The number of nitrogens with two attached hydrogens (primary N) is 2. The molecule has 1 aliphatic carbocycles. The van der Waals surface area contributed by atoms with Crippen molar-refractivity contribution in [3.05, 3.63) is 35.9 Å². The lowest BCUT2D eigenvalue weighted by atomic mass is 9.73.